The summed E-state index contributed by atoms with van der Waals surface area (Å²) in [5.74, 6) is 1.40. The van der Waals surface area contributed by atoms with Gasteiger partial charge in [-0.3, -0.25) is 0 Å². The number of fused-ring (bicyclic) bond motifs is 4. The number of rotatable bonds is 15. The number of hydrogen-bond acceptors (Lipinski definition) is 5. The molecule has 2 aliphatic rings. The predicted molar refractivity (Wildman–Crippen MR) is 228 cm³/mol. The van der Waals surface area contributed by atoms with Gasteiger partial charge in [0.2, 0.25) is 0 Å². The second-order valence-corrected chi connectivity index (χ2v) is 35.3. The van der Waals surface area contributed by atoms with Crippen molar-refractivity contribution in [1.29, 1.82) is 0 Å². The third-order valence-corrected chi connectivity index (χ3v) is 28.0. The van der Waals surface area contributed by atoms with Crippen LogP contribution in [0.15, 0.2) is 46.6 Å². The summed E-state index contributed by atoms with van der Waals surface area (Å²) in [6.45, 7) is 37.7. The molecule has 1 aromatic heterocycles. The van der Waals surface area contributed by atoms with Gasteiger partial charge in [-0.15, -0.1) is 0 Å². The Bertz CT molecular complexity index is 1480. The zero-order valence-corrected chi connectivity index (χ0v) is 39.2. The van der Waals surface area contributed by atoms with E-state index in [-0.39, 0.29) is 33.2 Å². The monoisotopic (exact) mass is 769 g/mol. The molecule has 0 saturated heterocycles. The molecule has 4 rings (SSSR count). The fourth-order valence-electron chi connectivity index (χ4n) is 7.18. The minimum atomic E-state index is -2.09. The minimum Gasteiger partial charge on any atom is -0.497 e. The Morgan fingerprint density at radius 1 is 0.731 bits per heavy atom. The fourth-order valence-corrected chi connectivity index (χ4v) is 11.9. The molecule has 0 spiro atoms. The Labute approximate surface area is 322 Å². The zero-order valence-electron chi connectivity index (χ0n) is 36.2. The molecule has 0 amide bonds. The molecule has 0 radical (unpaired) electrons. The van der Waals surface area contributed by atoms with Crippen molar-refractivity contribution in [3.8, 4) is 5.75 Å². The molecule has 4 atom stereocenters. The third-order valence-electron chi connectivity index (χ3n) is 13.8. The fraction of sp³-hybridized carbons (Fsp3) is 0.727. The van der Waals surface area contributed by atoms with Crippen molar-refractivity contribution >= 4 is 30.1 Å². The van der Waals surface area contributed by atoms with Crippen LogP contribution in [0.2, 0.25) is 54.4 Å². The standard InChI is InChI=1S/C44H76O5Si3/c1-42(2,3)50(11,12)41-36-29-39(48-51(13,14)43(4,5)6)37-28-33(21-19-17-18-20-26-46-30-32-22-24-34(45-10)25-23-32)27-35(38(36)31-47-41)40(37)49-52(15,16)44(7,8)9/h22-25,27,31,35,37,39-40H,17-21,26,28-30H2,1-16H3/t35-,37+,39+,40+/m0/s1. The molecule has 2 bridgehead atoms. The Kier molecular flexibility index (Phi) is 13.6. The first-order chi connectivity index (χ1) is 23.9. The van der Waals surface area contributed by atoms with Crippen LogP contribution < -0.4 is 10.1 Å². The smallest absolute Gasteiger partial charge is 0.192 e. The Morgan fingerprint density at radius 3 is 1.90 bits per heavy atom. The topological polar surface area (TPSA) is 50.1 Å². The minimum absolute atomic E-state index is 0.0911. The highest BCUT2D eigenvalue weighted by Crippen LogP contribution is 2.51. The van der Waals surface area contributed by atoms with Gasteiger partial charge in [0, 0.05) is 30.4 Å². The Morgan fingerprint density at radius 2 is 1.33 bits per heavy atom. The van der Waals surface area contributed by atoms with Crippen molar-refractivity contribution in [2.75, 3.05) is 13.7 Å². The van der Waals surface area contributed by atoms with Gasteiger partial charge in [-0.2, -0.15) is 0 Å². The maximum absolute atomic E-state index is 7.59. The molecule has 52 heavy (non-hydrogen) atoms. The summed E-state index contributed by atoms with van der Waals surface area (Å²) in [7, 11) is -4.44. The highest BCUT2D eigenvalue weighted by molar-refractivity contribution is 6.91. The Hall–Kier alpha value is -1.43. The number of ether oxygens (including phenoxy) is 2. The number of furan rings is 1. The van der Waals surface area contributed by atoms with Gasteiger partial charge in [-0.1, -0.05) is 112 Å². The molecule has 5 nitrogen and oxygen atoms in total. The van der Waals surface area contributed by atoms with E-state index in [4.69, 9.17) is 22.7 Å². The summed E-state index contributed by atoms with van der Waals surface area (Å²) < 4.78 is 33.3. The van der Waals surface area contributed by atoms with Crippen molar-refractivity contribution in [3.05, 3.63) is 58.9 Å². The van der Waals surface area contributed by atoms with Crippen LogP contribution in [0.4, 0.5) is 0 Å². The number of hydrogen-bond donors (Lipinski definition) is 0. The van der Waals surface area contributed by atoms with Crippen LogP contribution in [0.3, 0.4) is 0 Å². The van der Waals surface area contributed by atoms with E-state index in [1.165, 1.54) is 41.3 Å². The largest absolute Gasteiger partial charge is 0.497 e. The number of methoxy groups -OCH3 is 1. The van der Waals surface area contributed by atoms with E-state index >= 15 is 0 Å². The van der Waals surface area contributed by atoms with Gasteiger partial charge < -0.3 is 22.7 Å². The van der Waals surface area contributed by atoms with E-state index < -0.39 is 24.7 Å². The molecule has 1 heterocycles. The highest BCUT2D eigenvalue weighted by Gasteiger charge is 2.52. The van der Waals surface area contributed by atoms with Crippen LogP contribution in [-0.2, 0) is 26.6 Å². The van der Waals surface area contributed by atoms with Crippen molar-refractivity contribution in [1.82, 2.24) is 0 Å². The summed E-state index contributed by atoms with van der Waals surface area (Å²) >= 11 is 0. The van der Waals surface area contributed by atoms with Crippen LogP contribution in [0.1, 0.15) is 123 Å². The second-order valence-electron chi connectivity index (χ2n) is 20.6. The van der Waals surface area contributed by atoms with Crippen molar-refractivity contribution in [2.24, 2.45) is 5.92 Å². The van der Waals surface area contributed by atoms with Crippen molar-refractivity contribution in [2.45, 2.75) is 186 Å². The maximum Gasteiger partial charge on any atom is 0.192 e. The molecule has 2 aliphatic carbocycles. The molecule has 0 N–H and O–H groups in total. The molecule has 1 aromatic carbocycles. The van der Waals surface area contributed by atoms with E-state index in [9.17, 15) is 0 Å². The average Bonchev–Trinajstić information content (AvgIpc) is 3.42. The lowest BCUT2D eigenvalue weighted by molar-refractivity contribution is 0.0180. The molecule has 2 aromatic rings. The zero-order chi connectivity index (χ0) is 38.9. The van der Waals surface area contributed by atoms with Crippen LogP contribution >= 0.6 is 0 Å². The first-order valence-electron chi connectivity index (χ1n) is 20.3. The van der Waals surface area contributed by atoms with Gasteiger partial charge in [-0.05, 0) is 90.2 Å². The van der Waals surface area contributed by atoms with E-state index in [1.54, 1.807) is 12.7 Å². The molecule has 294 valence electrons. The summed E-state index contributed by atoms with van der Waals surface area (Å²) in [5, 5.41) is 1.71. The Balaban J connectivity index is 1.60. The second kappa shape index (κ2) is 16.4. The molecule has 8 heteroatoms. The molecule has 0 aliphatic heterocycles. The van der Waals surface area contributed by atoms with Crippen molar-refractivity contribution < 1.29 is 22.7 Å². The number of benzene rings is 1. The van der Waals surface area contributed by atoms with Crippen molar-refractivity contribution in [3.63, 3.8) is 0 Å². The van der Waals surface area contributed by atoms with Gasteiger partial charge in [0.25, 0.3) is 0 Å². The summed E-state index contributed by atoms with van der Waals surface area (Å²) in [6.07, 6.45) is 12.8. The highest BCUT2D eigenvalue weighted by atomic mass is 28.4. The molecule has 0 unspecified atom stereocenters. The normalized spacial score (nSPS) is 21.8. The van der Waals surface area contributed by atoms with E-state index in [0.29, 0.717) is 12.5 Å². The van der Waals surface area contributed by atoms with Crippen LogP contribution in [0.25, 0.3) is 0 Å². The third kappa shape index (κ3) is 9.86. The number of unbranched alkanes of at least 4 members (excludes halogenated alkanes) is 3. The van der Waals surface area contributed by atoms with E-state index in [1.807, 2.05) is 12.1 Å². The van der Waals surface area contributed by atoms with Gasteiger partial charge in [-0.25, -0.2) is 0 Å². The lowest BCUT2D eigenvalue weighted by Crippen LogP contribution is -2.53. The van der Waals surface area contributed by atoms with Gasteiger partial charge in [0.05, 0.1) is 37.6 Å². The molecule has 0 saturated carbocycles. The molecule has 0 fully saturated rings. The van der Waals surface area contributed by atoms with Gasteiger partial charge >= 0.3 is 0 Å². The van der Waals surface area contributed by atoms with Gasteiger partial charge in [0.1, 0.15) is 13.8 Å². The summed E-state index contributed by atoms with van der Waals surface area (Å²) in [6, 6.07) is 8.16. The molecular formula is C44H76O5Si3. The predicted octanol–water partition coefficient (Wildman–Crippen LogP) is 12.5. The lowest BCUT2D eigenvalue weighted by atomic mass is 9.75. The van der Waals surface area contributed by atoms with E-state index in [2.05, 4.69) is 126 Å². The average molecular weight is 769 g/mol. The molecular weight excluding hydrogens is 693 g/mol. The van der Waals surface area contributed by atoms with Crippen LogP contribution in [0.5, 0.6) is 5.75 Å². The van der Waals surface area contributed by atoms with Crippen LogP contribution in [0, 0.1) is 5.92 Å². The maximum atomic E-state index is 7.59. The quantitative estimate of drug-likeness (QED) is 0.103. The summed E-state index contributed by atoms with van der Waals surface area (Å²) in [5.41, 5.74) is 5.60. The van der Waals surface area contributed by atoms with Crippen LogP contribution in [-0.4, -0.2) is 50.6 Å². The summed E-state index contributed by atoms with van der Waals surface area (Å²) in [4.78, 5) is 0. The SMILES string of the molecule is COc1ccc(COCCCCCCC2=C[C@H]3c4coc([Si](C)(C)C(C)(C)C)c4C[C@@H](O[Si](C)(C)C(C)(C)C)[C@@H](C2)[C@@H]3O[Si](C)(C)C(C)(C)C)cc1. The van der Waals surface area contributed by atoms with Gasteiger partial charge in [0.15, 0.2) is 16.6 Å². The number of allylic oxidation sites excluding steroid dienone is 1. The lowest BCUT2D eigenvalue weighted by Gasteiger charge is -2.48. The first-order valence-corrected chi connectivity index (χ1v) is 29.1. The first kappa shape index (κ1) is 43.3. The van der Waals surface area contributed by atoms with E-state index in [0.717, 1.165) is 38.0 Å².